The van der Waals surface area contributed by atoms with Crippen molar-refractivity contribution in [3.05, 3.63) is 36.0 Å². The van der Waals surface area contributed by atoms with E-state index in [1.165, 1.54) is 0 Å². The van der Waals surface area contributed by atoms with Crippen LogP contribution in [0.2, 0.25) is 0 Å². The number of carbonyl (C=O) groups excluding carboxylic acids is 1. The minimum atomic E-state index is -0.111. The van der Waals surface area contributed by atoms with Crippen LogP contribution >= 0.6 is 0 Å². The molecular weight excluding hydrogens is 238 g/mol. The van der Waals surface area contributed by atoms with Gasteiger partial charge < -0.3 is 9.88 Å². The third kappa shape index (κ3) is 2.94. The fraction of sp³-hybridized carbons (Fsp3) is 0.333. The second-order valence-corrected chi connectivity index (χ2v) is 4.76. The Kier molecular flexibility index (Phi) is 3.86. The first-order valence-corrected chi connectivity index (χ1v) is 6.33. The van der Waals surface area contributed by atoms with Crippen molar-refractivity contribution in [2.45, 2.75) is 32.9 Å². The third-order valence-electron chi connectivity index (χ3n) is 3.12. The molecule has 1 amide bonds. The monoisotopic (exact) mass is 255 g/mol. The lowest BCUT2D eigenvalue weighted by molar-refractivity contribution is -0.122. The number of fused-ring (bicyclic) bond motifs is 1. The molecule has 0 aliphatic rings. The molecule has 19 heavy (non-hydrogen) atoms. The Morgan fingerprint density at radius 3 is 2.95 bits per heavy atom. The minimum absolute atomic E-state index is 0.0628. The Hall–Kier alpha value is -2.28. The fourth-order valence-electron chi connectivity index (χ4n) is 2.21. The molecule has 1 aromatic heterocycles. The van der Waals surface area contributed by atoms with Crippen molar-refractivity contribution >= 4 is 16.8 Å². The predicted molar refractivity (Wildman–Crippen MR) is 74.5 cm³/mol. The number of nitriles is 1. The van der Waals surface area contributed by atoms with Crippen LogP contribution in [0.15, 0.2) is 30.3 Å². The Morgan fingerprint density at radius 2 is 2.21 bits per heavy atom. The van der Waals surface area contributed by atoms with Crippen molar-refractivity contribution < 1.29 is 4.79 Å². The highest BCUT2D eigenvalue weighted by Crippen LogP contribution is 2.18. The molecule has 0 aliphatic carbocycles. The lowest BCUT2D eigenvalue weighted by Gasteiger charge is -2.12. The Morgan fingerprint density at radius 1 is 1.47 bits per heavy atom. The van der Waals surface area contributed by atoms with Crippen molar-refractivity contribution in [3.63, 3.8) is 0 Å². The fourth-order valence-corrected chi connectivity index (χ4v) is 2.21. The summed E-state index contributed by atoms with van der Waals surface area (Å²) in [6.45, 7) is 4.11. The highest BCUT2D eigenvalue weighted by atomic mass is 16.2. The maximum Gasteiger partial charge on any atom is 0.240 e. The molecule has 0 saturated carbocycles. The molecule has 1 heterocycles. The first kappa shape index (κ1) is 13.2. The number of hydrogen-bond acceptors (Lipinski definition) is 2. The number of hydrogen-bond donors (Lipinski definition) is 1. The van der Waals surface area contributed by atoms with Gasteiger partial charge in [-0.1, -0.05) is 18.2 Å². The number of amides is 1. The topological polar surface area (TPSA) is 57.8 Å². The number of nitrogens with one attached hydrogen (secondary N) is 1. The van der Waals surface area contributed by atoms with Gasteiger partial charge in [0.25, 0.3) is 0 Å². The van der Waals surface area contributed by atoms with Gasteiger partial charge in [0.05, 0.1) is 12.5 Å². The average Bonchev–Trinajstić information content (AvgIpc) is 2.66. The quantitative estimate of drug-likeness (QED) is 0.911. The van der Waals surface area contributed by atoms with E-state index in [1.807, 2.05) is 42.7 Å². The summed E-state index contributed by atoms with van der Waals surface area (Å²) in [7, 11) is 0. The van der Waals surface area contributed by atoms with Crippen LogP contribution in [-0.2, 0) is 11.3 Å². The molecule has 1 N–H and O–H groups in total. The van der Waals surface area contributed by atoms with Crippen LogP contribution in [0.5, 0.6) is 0 Å². The summed E-state index contributed by atoms with van der Waals surface area (Å²) in [4.78, 5) is 12.0. The number of carbonyl (C=O) groups is 1. The van der Waals surface area contributed by atoms with E-state index in [2.05, 4.69) is 17.5 Å². The Labute approximate surface area is 112 Å². The van der Waals surface area contributed by atoms with Crippen molar-refractivity contribution in [3.8, 4) is 6.07 Å². The minimum Gasteiger partial charge on any atom is -0.351 e. The number of aryl methyl sites for hydroxylation is 1. The average molecular weight is 255 g/mol. The van der Waals surface area contributed by atoms with Gasteiger partial charge in [-0.2, -0.15) is 5.26 Å². The van der Waals surface area contributed by atoms with Gasteiger partial charge in [-0.15, -0.1) is 0 Å². The molecule has 2 aromatic rings. The van der Waals surface area contributed by atoms with Gasteiger partial charge in [0.2, 0.25) is 5.91 Å². The zero-order valence-electron chi connectivity index (χ0n) is 11.2. The van der Waals surface area contributed by atoms with E-state index < -0.39 is 0 Å². The van der Waals surface area contributed by atoms with Crippen LogP contribution in [0, 0.1) is 18.3 Å². The summed E-state index contributed by atoms with van der Waals surface area (Å²) in [5.41, 5.74) is 2.12. The van der Waals surface area contributed by atoms with E-state index in [0.29, 0.717) is 6.42 Å². The first-order chi connectivity index (χ1) is 9.11. The number of benzene rings is 1. The van der Waals surface area contributed by atoms with Crippen molar-refractivity contribution in [2.24, 2.45) is 0 Å². The van der Waals surface area contributed by atoms with E-state index in [1.54, 1.807) is 0 Å². The van der Waals surface area contributed by atoms with Crippen molar-refractivity contribution in [1.29, 1.82) is 5.26 Å². The molecular formula is C15H17N3O. The Balaban J connectivity index is 2.15. The highest BCUT2D eigenvalue weighted by molar-refractivity contribution is 5.84. The molecule has 4 nitrogen and oxygen atoms in total. The van der Waals surface area contributed by atoms with E-state index in [-0.39, 0.29) is 18.5 Å². The van der Waals surface area contributed by atoms with E-state index in [0.717, 1.165) is 16.6 Å². The SMILES string of the molecule is Cc1cc2ccccc2n1CC(=O)N[C@H](C)CC#N. The number of aromatic nitrogens is 1. The zero-order chi connectivity index (χ0) is 13.8. The lowest BCUT2D eigenvalue weighted by atomic mass is 10.2. The van der Waals surface area contributed by atoms with Gasteiger partial charge in [0.15, 0.2) is 0 Å². The predicted octanol–water partition coefficient (Wildman–Crippen LogP) is 2.37. The molecule has 1 atom stereocenters. The van der Waals surface area contributed by atoms with Crippen molar-refractivity contribution in [1.82, 2.24) is 9.88 Å². The van der Waals surface area contributed by atoms with Crippen LogP contribution in [-0.4, -0.2) is 16.5 Å². The van der Waals surface area contributed by atoms with Gasteiger partial charge in [-0.3, -0.25) is 4.79 Å². The largest absolute Gasteiger partial charge is 0.351 e. The van der Waals surface area contributed by atoms with E-state index in [9.17, 15) is 4.79 Å². The molecule has 0 bridgehead atoms. The summed E-state index contributed by atoms with van der Waals surface area (Å²) >= 11 is 0. The smallest absolute Gasteiger partial charge is 0.240 e. The molecule has 2 rings (SSSR count). The Bertz CT molecular complexity index is 636. The summed E-state index contributed by atoms with van der Waals surface area (Å²) in [5, 5.41) is 12.6. The van der Waals surface area contributed by atoms with Gasteiger partial charge in [0.1, 0.15) is 6.54 Å². The van der Waals surface area contributed by atoms with Gasteiger partial charge in [-0.05, 0) is 31.4 Å². The van der Waals surface area contributed by atoms with E-state index in [4.69, 9.17) is 5.26 Å². The maximum absolute atomic E-state index is 12.0. The van der Waals surface area contributed by atoms with Crippen molar-refractivity contribution in [2.75, 3.05) is 0 Å². The molecule has 0 saturated heterocycles. The number of rotatable bonds is 4. The second kappa shape index (κ2) is 5.57. The molecule has 0 aliphatic heterocycles. The van der Waals surface area contributed by atoms with Crippen LogP contribution in [0.25, 0.3) is 10.9 Å². The molecule has 0 fully saturated rings. The maximum atomic E-state index is 12.0. The summed E-state index contributed by atoms with van der Waals surface area (Å²) in [6.07, 6.45) is 0.331. The van der Waals surface area contributed by atoms with Gasteiger partial charge in [0, 0.05) is 17.3 Å². The second-order valence-electron chi connectivity index (χ2n) is 4.76. The lowest BCUT2D eigenvalue weighted by Crippen LogP contribution is -2.35. The number of para-hydroxylation sites is 1. The summed E-state index contributed by atoms with van der Waals surface area (Å²) < 4.78 is 1.99. The molecule has 0 unspecified atom stereocenters. The molecule has 1 aromatic carbocycles. The van der Waals surface area contributed by atoms with Crippen LogP contribution in [0.1, 0.15) is 19.0 Å². The molecule has 0 spiro atoms. The standard InChI is InChI=1S/C15H17N3O/c1-11(7-8-16)17-15(19)10-18-12(2)9-13-5-3-4-6-14(13)18/h3-6,9,11H,7,10H2,1-2H3,(H,17,19)/t11-/m1/s1. The van der Waals surface area contributed by atoms with Crippen LogP contribution in [0.4, 0.5) is 0 Å². The normalized spacial score (nSPS) is 12.1. The van der Waals surface area contributed by atoms with E-state index >= 15 is 0 Å². The van der Waals surface area contributed by atoms with Crippen LogP contribution < -0.4 is 5.32 Å². The molecule has 4 heteroatoms. The molecule has 0 radical (unpaired) electrons. The first-order valence-electron chi connectivity index (χ1n) is 6.33. The molecule has 98 valence electrons. The number of nitrogens with zero attached hydrogens (tertiary/aromatic N) is 2. The summed E-state index contributed by atoms with van der Waals surface area (Å²) in [6, 6.07) is 12.0. The highest BCUT2D eigenvalue weighted by Gasteiger charge is 2.11. The summed E-state index contributed by atoms with van der Waals surface area (Å²) in [5.74, 6) is -0.0628. The zero-order valence-corrected chi connectivity index (χ0v) is 11.2. The van der Waals surface area contributed by atoms with Crippen LogP contribution in [0.3, 0.4) is 0 Å². The van der Waals surface area contributed by atoms with Gasteiger partial charge >= 0.3 is 0 Å². The van der Waals surface area contributed by atoms with Gasteiger partial charge in [-0.25, -0.2) is 0 Å². The third-order valence-corrected chi connectivity index (χ3v) is 3.12.